The van der Waals surface area contributed by atoms with E-state index in [-0.39, 0.29) is 12.4 Å². The Hall–Kier alpha value is -1.90. The second-order valence-corrected chi connectivity index (χ2v) is 8.53. The molecular formula is C24H28F2O. The zero-order chi connectivity index (χ0) is 19.0. The SMILES string of the molecule is C=CCOc1cc2ccc([C@@H]3CC[C@@H]4CC(C)CCC4C3)cc2c(F)c1F. The van der Waals surface area contributed by atoms with Crippen molar-refractivity contribution in [3.8, 4) is 5.75 Å². The maximum absolute atomic E-state index is 14.7. The lowest BCUT2D eigenvalue weighted by Crippen LogP contribution is -2.29. The molecule has 4 rings (SSSR count). The van der Waals surface area contributed by atoms with Crippen LogP contribution in [-0.2, 0) is 0 Å². The van der Waals surface area contributed by atoms with Gasteiger partial charge >= 0.3 is 0 Å². The zero-order valence-corrected chi connectivity index (χ0v) is 16.0. The molecule has 0 heterocycles. The molecule has 3 heteroatoms. The van der Waals surface area contributed by atoms with Gasteiger partial charge in [0.15, 0.2) is 11.6 Å². The minimum absolute atomic E-state index is 0.0514. The van der Waals surface area contributed by atoms with Crippen LogP contribution < -0.4 is 4.74 Å². The molecule has 0 bridgehead atoms. The highest BCUT2D eigenvalue weighted by Gasteiger charge is 2.34. The van der Waals surface area contributed by atoms with Gasteiger partial charge in [-0.05, 0) is 78.9 Å². The Morgan fingerprint density at radius 2 is 1.81 bits per heavy atom. The predicted molar refractivity (Wildman–Crippen MR) is 106 cm³/mol. The number of fused-ring (bicyclic) bond motifs is 2. The number of benzene rings is 2. The van der Waals surface area contributed by atoms with E-state index in [2.05, 4.69) is 19.6 Å². The lowest BCUT2D eigenvalue weighted by atomic mass is 9.64. The average Bonchev–Trinajstić information content (AvgIpc) is 2.69. The molecule has 0 aliphatic heterocycles. The highest BCUT2D eigenvalue weighted by Crippen LogP contribution is 2.47. The van der Waals surface area contributed by atoms with Crippen LogP contribution in [0.15, 0.2) is 36.9 Å². The van der Waals surface area contributed by atoms with E-state index in [4.69, 9.17) is 4.74 Å². The van der Waals surface area contributed by atoms with Crippen molar-refractivity contribution in [2.75, 3.05) is 6.61 Å². The van der Waals surface area contributed by atoms with E-state index in [9.17, 15) is 8.78 Å². The summed E-state index contributed by atoms with van der Waals surface area (Å²) in [6, 6.07) is 7.44. The normalized spacial score (nSPS) is 28.0. The van der Waals surface area contributed by atoms with Crippen molar-refractivity contribution in [3.05, 3.63) is 54.1 Å². The molecule has 0 N–H and O–H groups in total. The lowest BCUT2D eigenvalue weighted by molar-refractivity contribution is 0.124. The van der Waals surface area contributed by atoms with Crippen molar-refractivity contribution < 1.29 is 13.5 Å². The number of ether oxygens (including phenoxy) is 1. The van der Waals surface area contributed by atoms with Crippen LogP contribution in [0.1, 0.15) is 56.9 Å². The number of halogens is 2. The first-order valence-electron chi connectivity index (χ1n) is 10.2. The van der Waals surface area contributed by atoms with E-state index < -0.39 is 11.6 Å². The summed E-state index contributed by atoms with van der Waals surface area (Å²) in [4.78, 5) is 0. The van der Waals surface area contributed by atoms with Crippen LogP contribution in [0.3, 0.4) is 0 Å². The van der Waals surface area contributed by atoms with Crippen LogP contribution in [0.4, 0.5) is 8.78 Å². The average molecular weight is 370 g/mol. The van der Waals surface area contributed by atoms with Crippen molar-refractivity contribution in [1.82, 2.24) is 0 Å². The Labute approximate surface area is 160 Å². The number of hydrogen-bond donors (Lipinski definition) is 0. The fourth-order valence-electron chi connectivity index (χ4n) is 5.26. The van der Waals surface area contributed by atoms with Crippen LogP contribution in [0, 0.1) is 29.4 Å². The first kappa shape index (κ1) is 18.5. The van der Waals surface area contributed by atoms with Crippen LogP contribution >= 0.6 is 0 Å². The smallest absolute Gasteiger partial charge is 0.201 e. The molecule has 1 nitrogen and oxygen atoms in total. The summed E-state index contributed by atoms with van der Waals surface area (Å²) in [7, 11) is 0. The minimum atomic E-state index is -0.911. The summed E-state index contributed by atoms with van der Waals surface area (Å²) in [6.45, 7) is 6.07. The van der Waals surface area contributed by atoms with E-state index in [0.29, 0.717) is 16.7 Å². The van der Waals surface area contributed by atoms with E-state index in [1.165, 1.54) is 38.2 Å². The Morgan fingerprint density at radius 3 is 2.63 bits per heavy atom. The molecule has 0 radical (unpaired) electrons. The molecule has 2 aliphatic carbocycles. The van der Waals surface area contributed by atoms with Crippen LogP contribution in [0.2, 0.25) is 0 Å². The summed E-state index contributed by atoms with van der Waals surface area (Å²) >= 11 is 0. The highest BCUT2D eigenvalue weighted by molar-refractivity contribution is 5.85. The van der Waals surface area contributed by atoms with E-state index >= 15 is 0 Å². The van der Waals surface area contributed by atoms with E-state index in [1.54, 1.807) is 6.07 Å². The largest absolute Gasteiger partial charge is 0.486 e. The van der Waals surface area contributed by atoms with Gasteiger partial charge in [-0.2, -0.15) is 4.39 Å². The molecular weight excluding hydrogens is 342 g/mol. The van der Waals surface area contributed by atoms with Crippen molar-refractivity contribution in [1.29, 1.82) is 0 Å². The van der Waals surface area contributed by atoms with Crippen LogP contribution in [0.5, 0.6) is 5.75 Å². The third kappa shape index (κ3) is 3.61. The van der Waals surface area contributed by atoms with Gasteiger partial charge in [-0.15, -0.1) is 0 Å². The summed E-state index contributed by atoms with van der Waals surface area (Å²) in [5, 5.41) is 1.03. The second kappa shape index (κ2) is 7.61. The summed E-state index contributed by atoms with van der Waals surface area (Å²) in [5.41, 5.74) is 1.15. The molecule has 0 spiro atoms. The third-order valence-corrected chi connectivity index (χ3v) is 6.71. The predicted octanol–water partition coefficient (Wildman–Crippen LogP) is 7.00. The summed E-state index contributed by atoms with van der Waals surface area (Å²) < 4.78 is 34.3. The quantitative estimate of drug-likeness (QED) is 0.526. The molecule has 27 heavy (non-hydrogen) atoms. The molecule has 2 aliphatic rings. The van der Waals surface area contributed by atoms with Gasteiger partial charge in [-0.25, -0.2) is 4.39 Å². The van der Waals surface area contributed by atoms with Gasteiger partial charge in [0.1, 0.15) is 6.61 Å². The molecule has 144 valence electrons. The molecule has 0 amide bonds. The van der Waals surface area contributed by atoms with Crippen LogP contribution in [-0.4, -0.2) is 6.61 Å². The second-order valence-electron chi connectivity index (χ2n) is 8.53. The van der Waals surface area contributed by atoms with Gasteiger partial charge < -0.3 is 4.74 Å². The Balaban J connectivity index is 1.60. The van der Waals surface area contributed by atoms with Crippen molar-refractivity contribution in [3.63, 3.8) is 0 Å². The Kier molecular flexibility index (Phi) is 5.21. The Morgan fingerprint density at radius 1 is 1.04 bits per heavy atom. The molecule has 2 saturated carbocycles. The standard InChI is InChI=1S/C24H28F2O/c1-3-10-27-22-14-20-9-8-19(13-21(20)23(25)24(22)26)18-7-6-16-11-15(2)4-5-17(16)12-18/h3,8-9,13-18H,1,4-7,10-12H2,2H3/t15?,16-,17?,18-/m1/s1. The van der Waals surface area contributed by atoms with Gasteiger partial charge in [0, 0.05) is 5.39 Å². The Bertz CT molecular complexity index is 844. The minimum Gasteiger partial charge on any atom is -0.486 e. The van der Waals surface area contributed by atoms with Crippen molar-refractivity contribution >= 4 is 10.8 Å². The lowest BCUT2D eigenvalue weighted by Gasteiger charge is -2.41. The molecule has 4 atom stereocenters. The maximum Gasteiger partial charge on any atom is 0.201 e. The zero-order valence-electron chi connectivity index (χ0n) is 16.0. The molecule has 2 unspecified atom stereocenters. The summed E-state index contributed by atoms with van der Waals surface area (Å²) in [6.07, 6.45) is 9.15. The number of rotatable bonds is 4. The molecule has 0 saturated heterocycles. The van der Waals surface area contributed by atoms with Gasteiger partial charge in [-0.1, -0.05) is 38.1 Å². The fourth-order valence-corrected chi connectivity index (χ4v) is 5.26. The van der Waals surface area contributed by atoms with E-state index in [0.717, 1.165) is 29.7 Å². The monoisotopic (exact) mass is 370 g/mol. The maximum atomic E-state index is 14.7. The molecule has 0 aromatic heterocycles. The third-order valence-electron chi connectivity index (χ3n) is 6.71. The number of hydrogen-bond acceptors (Lipinski definition) is 1. The van der Waals surface area contributed by atoms with Gasteiger partial charge in [-0.3, -0.25) is 0 Å². The van der Waals surface area contributed by atoms with Crippen LogP contribution in [0.25, 0.3) is 10.8 Å². The summed E-state index contributed by atoms with van der Waals surface area (Å²) in [5.74, 6) is 1.21. The highest BCUT2D eigenvalue weighted by atomic mass is 19.2. The van der Waals surface area contributed by atoms with Gasteiger partial charge in [0.2, 0.25) is 5.82 Å². The van der Waals surface area contributed by atoms with E-state index in [1.807, 2.05) is 12.1 Å². The molecule has 2 fully saturated rings. The van der Waals surface area contributed by atoms with Gasteiger partial charge in [0.25, 0.3) is 0 Å². The molecule has 2 aromatic rings. The first-order valence-corrected chi connectivity index (χ1v) is 10.2. The topological polar surface area (TPSA) is 9.23 Å². The van der Waals surface area contributed by atoms with Crippen molar-refractivity contribution in [2.24, 2.45) is 17.8 Å². The first-order chi connectivity index (χ1) is 13.1. The molecule has 2 aromatic carbocycles. The van der Waals surface area contributed by atoms with Crippen molar-refractivity contribution in [2.45, 2.75) is 51.4 Å². The fraction of sp³-hybridized carbons (Fsp3) is 0.500. The van der Waals surface area contributed by atoms with Gasteiger partial charge in [0.05, 0.1) is 0 Å².